The summed E-state index contributed by atoms with van der Waals surface area (Å²) in [5.74, 6) is -0.401. The van der Waals surface area contributed by atoms with Gasteiger partial charge in [0.25, 0.3) is 0 Å². The number of hydrogen-bond acceptors (Lipinski definition) is 2. The molecule has 1 saturated heterocycles. The number of nitrogens with zero attached hydrogens (tertiary/aromatic N) is 1. The highest BCUT2D eigenvalue weighted by molar-refractivity contribution is 5.91. The molecule has 2 heterocycles. The molecule has 0 radical (unpaired) electrons. The Kier molecular flexibility index (Phi) is 5.10. The number of nitrogens with one attached hydrogen (secondary N) is 2. The lowest BCUT2D eigenvalue weighted by Crippen LogP contribution is -2.44. The van der Waals surface area contributed by atoms with Crippen LogP contribution >= 0.6 is 0 Å². The number of benzene rings is 2. The normalized spacial score (nSPS) is 16.7. The quantitative estimate of drug-likeness (QED) is 0.691. The number of carbonyl (C=O) groups is 2. The highest BCUT2D eigenvalue weighted by atomic mass is 19.1. The Balaban J connectivity index is 1.39. The van der Waals surface area contributed by atoms with Gasteiger partial charge in [-0.25, -0.2) is 4.39 Å². The van der Waals surface area contributed by atoms with Gasteiger partial charge in [-0.3, -0.25) is 9.59 Å². The molecule has 0 spiro atoms. The standard InChI is InChI=1S/C22H22FN3O2/c23-17-7-5-15(6-8-17)11-12-24-22(28)20-9-10-21(27)26(20)14-16-13-25-19-4-2-1-3-18(16)19/h1-8,13,20,25H,9-12,14H2,(H,24,28). The zero-order valence-corrected chi connectivity index (χ0v) is 15.5. The van der Waals surface area contributed by atoms with E-state index in [0.29, 0.717) is 32.4 Å². The molecule has 2 amide bonds. The molecule has 0 saturated carbocycles. The maximum atomic E-state index is 13.0. The minimum absolute atomic E-state index is 0.00367. The van der Waals surface area contributed by atoms with Gasteiger partial charge in [0.15, 0.2) is 0 Å². The monoisotopic (exact) mass is 379 g/mol. The van der Waals surface area contributed by atoms with E-state index in [0.717, 1.165) is 22.0 Å². The molecule has 4 rings (SSSR count). The highest BCUT2D eigenvalue weighted by Gasteiger charge is 2.36. The SMILES string of the molecule is O=C(NCCc1ccc(F)cc1)C1CCC(=O)N1Cc1c[nH]c2ccccc12. The van der Waals surface area contributed by atoms with Gasteiger partial charge in [-0.15, -0.1) is 0 Å². The second-order valence-electron chi connectivity index (χ2n) is 7.10. The van der Waals surface area contributed by atoms with Crippen LogP contribution in [0.1, 0.15) is 24.0 Å². The van der Waals surface area contributed by atoms with E-state index in [2.05, 4.69) is 10.3 Å². The van der Waals surface area contributed by atoms with E-state index >= 15 is 0 Å². The molecule has 0 aliphatic carbocycles. The van der Waals surface area contributed by atoms with E-state index in [-0.39, 0.29) is 17.6 Å². The molecule has 3 aromatic rings. The summed E-state index contributed by atoms with van der Waals surface area (Å²) < 4.78 is 13.0. The lowest BCUT2D eigenvalue weighted by molar-refractivity contribution is -0.135. The third kappa shape index (κ3) is 3.76. The number of aromatic amines is 1. The molecule has 2 N–H and O–H groups in total. The number of fused-ring (bicyclic) bond motifs is 1. The van der Waals surface area contributed by atoms with E-state index in [1.54, 1.807) is 17.0 Å². The van der Waals surface area contributed by atoms with Gasteiger partial charge in [0, 0.05) is 36.6 Å². The first-order valence-electron chi connectivity index (χ1n) is 9.48. The number of hydrogen-bond donors (Lipinski definition) is 2. The second kappa shape index (κ2) is 7.84. The van der Waals surface area contributed by atoms with Crippen LogP contribution in [0.2, 0.25) is 0 Å². The van der Waals surface area contributed by atoms with Crippen molar-refractivity contribution in [2.75, 3.05) is 6.54 Å². The van der Waals surface area contributed by atoms with Crippen molar-refractivity contribution in [2.45, 2.75) is 31.8 Å². The zero-order chi connectivity index (χ0) is 19.5. The van der Waals surface area contributed by atoms with Gasteiger partial charge in [0.1, 0.15) is 11.9 Å². The van der Waals surface area contributed by atoms with Crippen molar-refractivity contribution in [3.63, 3.8) is 0 Å². The molecule has 1 fully saturated rings. The molecule has 1 aromatic heterocycles. The number of H-pyrrole nitrogens is 1. The summed E-state index contributed by atoms with van der Waals surface area (Å²) in [5, 5.41) is 3.99. The number of likely N-dealkylation sites (tertiary alicyclic amines) is 1. The Hall–Kier alpha value is -3.15. The lowest BCUT2D eigenvalue weighted by atomic mass is 10.1. The van der Waals surface area contributed by atoms with Crippen LogP contribution in [0.25, 0.3) is 10.9 Å². The largest absolute Gasteiger partial charge is 0.361 e. The fraction of sp³-hybridized carbons (Fsp3) is 0.273. The molecule has 1 unspecified atom stereocenters. The number of amides is 2. The Morgan fingerprint density at radius 3 is 2.79 bits per heavy atom. The van der Waals surface area contributed by atoms with Crippen molar-refractivity contribution in [1.82, 2.24) is 15.2 Å². The van der Waals surface area contributed by atoms with Crippen LogP contribution in [0.15, 0.2) is 54.7 Å². The second-order valence-corrected chi connectivity index (χ2v) is 7.10. The molecule has 144 valence electrons. The summed E-state index contributed by atoms with van der Waals surface area (Å²) in [5.41, 5.74) is 2.99. The average molecular weight is 379 g/mol. The maximum Gasteiger partial charge on any atom is 0.242 e. The van der Waals surface area contributed by atoms with Crippen LogP contribution in [-0.4, -0.2) is 34.3 Å². The van der Waals surface area contributed by atoms with Crippen LogP contribution in [0.3, 0.4) is 0 Å². The molecule has 2 aromatic carbocycles. The number of rotatable bonds is 6. The van der Waals surface area contributed by atoms with Gasteiger partial charge in [-0.1, -0.05) is 30.3 Å². The Morgan fingerprint density at radius 1 is 1.18 bits per heavy atom. The van der Waals surface area contributed by atoms with Gasteiger partial charge < -0.3 is 15.2 Å². The summed E-state index contributed by atoms with van der Waals surface area (Å²) in [7, 11) is 0. The number of aromatic nitrogens is 1. The average Bonchev–Trinajstić information content (AvgIpc) is 3.28. The molecule has 1 atom stereocenters. The van der Waals surface area contributed by atoms with Crippen molar-refractivity contribution in [3.05, 3.63) is 71.7 Å². The molecule has 0 bridgehead atoms. The summed E-state index contributed by atoms with van der Waals surface area (Å²) in [6.45, 7) is 0.870. The van der Waals surface area contributed by atoms with E-state index < -0.39 is 6.04 Å². The molecule has 6 heteroatoms. The van der Waals surface area contributed by atoms with Gasteiger partial charge in [-0.05, 0) is 42.2 Å². The maximum absolute atomic E-state index is 13.0. The summed E-state index contributed by atoms with van der Waals surface area (Å²) in [6, 6.07) is 13.7. The van der Waals surface area contributed by atoms with Crippen molar-refractivity contribution < 1.29 is 14.0 Å². The minimum atomic E-state index is -0.450. The molecular formula is C22H22FN3O2. The van der Waals surface area contributed by atoms with Crippen LogP contribution in [-0.2, 0) is 22.6 Å². The van der Waals surface area contributed by atoms with Gasteiger partial charge in [0.05, 0.1) is 0 Å². The van der Waals surface area contributed by atoms with E-state index in [1.807, 2.05) is 30.5 Å². The van der Waals surface area contributed by atoms with Crippen molar-refractivity contribution in [2.24, 2.45) is 0 Å². The molecule has 1 aliphatic heterocycles. The van der Waals surface area contributed by atoms with Crippen molar-refractivity contribution >= 4 is 22.7 Å². The Bertz CT molecular complexity index is 996. The van der Waals surface area contributed by atoms with Crippen LogP contribution in [0.4, 0.5) is 4.39 Å². The smallest absolute Gasteiger partial charge is 0.242 e. The molecule has 28 heavy (non-hydrogen) atoms. The summed E-state index contributed by atoms with van der Waals surface area (Å²) in [4.78, 5) is 29.9. The fourth-order valence-corrected chi connectivity index (χ4v) is 3.75. The third-order valence-corrected chi connectivity index (χ3v) is 5.27. The summed E-state index contributed by atoms with van der Waals surface area (Å²) >= 11 is 0. The van der Waals surface area contributed by atoms with Crippen LogP contribution < -0.4 is 5.32 Å². The van der Waals surface area contributed by atoms with Crippen molar-refractivity contribution in [3.8, 4) is 0 Å². The van der Waals surface area contributed by atoms with E-state index in [4.69, 9.17) is 0 Å². The zero-order valence-electron chi connectivity index (χ0n) is 15.5. The first kappa shape index (κ1) is 18.2. The minimum Gasteiger partial charge on any atom is -0.361 e. The lowest BCUT2D eigenvalue weighted by Gasteiger charge is -2.24. The van der Waals surface area contributed by atoms with Crippen LogP contribution in [0.5, 0.6) is 0 Å². The number of para-hydroxylation sites is 1. The van der Waals surface area contributed by atoms with Gasteiger partial charge >= 0.3 is 0 Å². The topological polar surface area (TPSA) is 65.2 Å². The molecular weight excluding hydrogens is 357 g/mol. The first-order valence-corrected chi connectivity index (χ1v) is 9.48. The van der Waals surface area contributed by atoms with Crippen LogP contribution in [0, 0.1) is 5.82 Å². The summed E-state index contributed by atoms with van der Waals surface area (Å²) in [6.07, 6.45) is 3.44. The predicted octanol–water partition coefficient (Wildman–Crippen LogP) is 3.16. The van der Waals surface area contributed by atoms with Gasteiger partial charge in [0.2, 0.25) is 11.8 Å². The first-order chi connectivity index (χ1) is 13.6. The highest BCUT2D eigenvalue weighted by Crippen LogP contribution is 2.25. The molecule has 5 nitrogen and oxygen atoms in total. The third-order valence-electron chi connectivity index (χ3n) is 5.27. The van der Waals surface area contributed by atoms with Gasteiger partial charge in [-0.2, -0.15) is 0 Å². The fourth-order valence-electron chi connectivity index (χ4n) is 3.75. The number of carbonyl (C=O) groups excluding carboxylic acids is 2. The predicted molar refractivity (Wildman–Crippen MR) is 105 cm³/mol. The Morgan fingerprint density at radius 2 is 1.96 bits per heavy atom. The van der Waals surface area contributed by atoms with Crippen molar-refractivity contribution in [1.29, 1.82) is 0 Å². The Labute approximate surface area is 162 Å². The number of halogens is 1. The molecule has 1 aliphatic rings. The van der Waals surface area contributed by atoms with E-state index in [1.165, 1.54) is 12.1 Å². The van der Waals surface area contributed by atoms with E-state index in [9.17, 15) is 14.0 Å².